The van der Waals surface area contributed by atoms with Gasteiger partial charge in [-0.05, 0) is 60.2 Å². The standard InChI is InChI=1S/C26H29FN4O/c1-18(2)20-7-5-19(6-8-20)16-29-26(32)22-4-3-15-31(17-22)24-13-14-28-25(30-24)21-9-11-23(27)12-10-21/h5-14,18,22H,3-4,15-17H2,1-2H3,(H,29,32). The number of hydrogen-bond acceptors (Lipinski definition) is 4. The molecule has 0 radical (unpaired) electrons. The van der Waals surface area contributed by atoms with Crippen molar-refractivity contribution in [1.82, 2.24) is 15.3 Å². The second-order valence-corrected chi connectivity index (χ2v) is 8.64. The molecule has 32 heavy (non-hydrogen) atoms. The summed E-state index contributed by atoms with van der Waals surface area (Å²) in [5.74, 6) is 1.56. The third-order valence-corrected chi connectivity index (χ3v) is 5.97. The van der Waals surface area contributed by atoms with E-state index in [1.807, 2.05) is 6.07 Å². The second-order valence-electron chi connectivity index (χ2n) is 8.64. The summed E-state index contributed by atoms with van der Waals surface area (Å²) < 4.78 is 13.2. The van der Waals surface area contributed by atoms with Crippen molar-refractivity contribution in [2.45, 2.75) is 39.2 Å². The Labute approximate surface area is 188 Å². The van der Waals surface area contributed by atoms with Crippen molar-refractivity contribution in [2.24, 2.45) is 5.92 Å². The van der Waals surface area contributed by atoms with E-state index < -0.39 is 0 Å². The molecular formula is C26H29FN4O. The van der Waals surface area contributed by atoms with Crippen LogP contribution in [0, 0.1) is 11.7 Å². The van der Waals surface area contributed by atoms with Crippen LogP contribution in [0.1, 0.15) is 43.7 Å². The topological polar surface area (TPSA) is 58.1 Å². The zero-order chi connectivity index (χ0) is 22.5. The van der Waals surface area contributed by atoms with Gasteiger partial charge in [0.1, 0.15) is 11.6 Å². The maximum absolute atomic E-state index is 13.2. The monoisotopic (exact) mass is 432 g/mol. The van der Waals surface area contributed by atoms with Crippen LogP contribution < -0.4 is 10.2 Å². The number of piperidine rings is 1. The minimum atomic E-state index is -0.286. The van der Waals surface area contributed by atoms with Crippen molar-refractivity contribution in [3.63, 3.8) is 0 Å². The number of hydrogen-bond donors (Lipinski definition) is 1. The number of carbonyl (C=O) groups excluding carboxylic acids is 1. The molecule has 4 rings (SSSR count). The zero-order valence-electron chi connectivity index (χ0n) is 18.6. The second kappa shape index (κ2) is 9.90. The minimum Gasteiger partial charge on any atom is -0.356 e. The van der Waals surface area contributed by atoms with E-state index in [9.17, 15) is 9.18 Å². The molecule has 1 N–H and O–H groups in total. The molecule has 1 aliphatic rings. The Morgan fingerprint density at radius 2 is 1.88 bits per heavy atom. The zero-order valence-corrected chi connectivity index (χ0v) is 18.6. The van der Waals surface area contributed by atoms with Crippen LogP contribution in [0.4, 0.5) is 10.2 Å². The molecule has 2 heterocycles. The average molecular weight is 433 g/mol. The summed E-state index contributed by atoms with van der Waals surface area (Å²) in [7, 11) is 0. The molecule has 0 bridgehead atoms. The smallest absolute Gasteiger partial charge is 0.225 e. The lowest BCUT2D eigenvalue weighted by Gasteiger charge is -2.33. The Balaban J connectivity index is 1.38. The quantitative estimate of drug-likeness (QED) is 0.600. The van der Waals surface area contributed by atoms with E-state index >= 15 is 0 Å². The number of rotatable bonds is 6. The molecule has 166 valence electrons. The van der Waals surface area contributed by atoms with Crippen LogP contribution >= 0.6 is 0 Å². The lowest BCUT2D eigenvalue weighted by Crippen LogP contribution is -2.43. The number of anilines is 1. The van der Waals surface area contributed by atoms with E-state index in [0.29, 0.717) is 24.8 Å². The van der Waals surface area contributed by atoms with Crippen LogP contribution in [0.3, 0.4) is 0 Å². The van der Waals surface area contributed by atoms with Gasteiger partial charge in [0, 0.05) is 31.4 Å². The van der Waals surface area contributed by atoms with Gasteiger partial charge in [-0.2, -0.15) is 0 Å². The molecule has 5 nitrogen and oxygen atoms in total. The highest BCUT2D eigenvalue weighted by Crippen LogP contribution is 2.24. The fraction of sp³-hybridized carbons (Fsp3) is 0.346. The van der Waals surface area contributed by atoms with Crippen molar-refractivity contribution in [2.75, 3.05) is 18.0 Å². The van der Waals surface area contributed by atoms with Gasteiger partial charge in [0.25, 0.3) is 0 Å². The molecule has 0 spiro atoms. The fourth-order valence-corrected chi connectivity index (χ4v) is 4.02. The summed E-state index contributed by atoms with van der Waals surface area (Å²) in [6.07, 6.45) is 3.51. The fourth-order valence-electron chi connectivity index (χ4n) is 4.02. The average Bonchev–Trinajstić information content (AvgIpc) is 2.83. The summed E-state index contributed by atoms with van der Waals surface area (Å²) in [6, 6.07) is 16.4. The van der Waals surface area contributed by atoms with E-state index in [1.54, 1.807) is 18.3 Å². The van der Waals surface area contributed by atoms with Crippen LogP contribution in [0.15, 0.2) is 60.8 Å². The van der Waals surface area contributed by atoms with Gasteiger partial charge < -0.3 is 10.2 Å². The van der Waals surface area contributed by atoms with Crippen LogP contribution in [0.2, 0.25) is 0 Å². The maximum Gasteiger partial charge on any atom is 0.225 e. The minimum absolute atomic E-state index is 0.0791. The first-order chi connectivity index (χ1) is 15.5. The highest BCUT2D eigenvalue weighted by atomic mass is 19.1. The van der Waals surface area contributed by atoms with E-state index in [0.717, 1.165) is 36.3 Å². The van der Waals surface area contributed by atoms with Gasteiger partial charge in [-0.25, -0.2) is 14.4 Å². The lowest BCUT2D eigenvalue weighted by atomic mass is 9.97. The number of nitrogens with one attached hydrogen (secondary N) is 1. The van der Waals surface area contributed by atoms with Crippen LogP contribution in [0.5, 0.6) is 0 Å². The molecule has 1 aliphatic heterocycles. The number of aromatic nitrogens is 2. The van der Waals surface area contributed by atoms with Crippen molar-refractivity contribution in [1.29, 1.82) is 0 Å². The summed E-state index contributed by atoms with van der Waals surface area (Å²) in [4.78, 5) is 24.0. The van der Waals surface area contributed by atoms with Crippen LogP contribution in [-0.2, 0) is 11.3 Å². The highest BCUT2D eigenvalue weighted by Gasteiger charge is 2.26. The Morgan fingerprint density at radius 3 is 2.59 bits per heavy atom. The van der Waals surface area contributed by atoms with Gasteiger partial charge in [0.2, 0.25) is 5.91 Å². The van der Waals surface area contributed by atoms with Gasteiger partial charge in [-0.1, -0.05) is 38.1 Å². The number of halogens is 1. The summed E-state index contributed by atoms with van der Waals surface area (Å²) in [5, 5.41) is 3.10. The normalized spacial score (nSPS) is 16.2. The third kappa shape index (κ3) is 5.31. The number of benzene rings is 2. The van der Waals surface area contributed by atoms with E-state index in [2.05, 4.69) is 58.3 Å². The molecule has 0 aliphatic carbocycles. The van der Waals surface area contributed by atoms with Crippen molar-refractivity contribution >= 4 is 11.7 Å². The van der Waals surface area contributed by atoms with Gasteiger partial charge in [0.15, 0.2) is 5.82 Å². The molecule has 1 fully saturated rings. The summed E-state index contributed by atoms with van der Waals surface area (Å²) >= 11 is 0. The molecular weight excluding hydrogens is 403 g/mol. The number of nitrogens with zero attached hydrogens (tertiary/aromatic N) is 3. The Bertz CT molecular complexity index is 1050. The maximum atomic E-state index is 13.2. The molecule has 1 aromatic heterocycles. The molecule has 0 saturated carbocycles. The predicted octanol–water partition coefficient (Wildman–Crippen LogP) is 4.94. The van der Waals surface area contributed by atoms with Crippen molar-refractivity contribution in [3.05, 3.63) is 77.7 Å². The molecule has 2 aromatic carbocycles. The summed E-state index contributed by atoms with van der Waals surface area (Å²) in [6.45, 7) is 6.35. The highest BCUT2D eigenvalue weighted by molar-refractivity contribution is 5.79. The first kappa shape index (κ1) is 21.9. The first-order valence-electron chi connectivity index (χ1n) is 11.2. The lowest BCUT2D eigenvalue weighted by molar-refractivity contribution is -0.125. The van der Waals surface area contributed by atoms with Crippen molar-refractivity contribution < 1.29 is 9.18 Å². The van der Waals surface area contributed by atoms with Crippen LogP contribution in [0.25, 0.3) is 11.4 Å². The van der Waals surface area contributed by atoms with Crippen LogP contribution in [-0.4, -0.2) is 29.0 Å². The Hall–Kier alpha value is -3.28. The largest absolute Gasteiger partial charge is 0.356 e. The Kier molecular flexibility index (Phi) is 6.78. The third-order valence-electron chi connectivity index (χ3n) is 5.97. The molecule has 1 saturated heterocycles. The van der Waals surface area contributed by atoms with E-state index in [1.165, 1.54) is 17.7 Å². The Morgan fingerprint density at radius 1 is 1.12 bits per heavy atom. The van der Waals surface area contributed by atoms with E-state index in [-0.39, 0.29) is 17.6 Å². The molecule has 1 amide bonds. The summed E-state index contributed by atoms with van der Waals surface area (Å²) in [5.41, 5.74) is 3.17. The molecule has 1 unspecified atom stereocenters. The number of carbonyl (C=O) groups is 1. The first-order valence-corrected chi connectivity index (χ1v) is 11.2. The van der Waals surface area contributed by atoms with Gasteiger partial charge in [-0.15, -0.1) is 0 Å². The van der Waals surface area contributed by atoms with Gasteiger partial charge in [0.05, 0.1) is 5.92 Å². The van der Waals surface area contributed by atoms with E-state index in [4.69, 9.17) is 0 Å². The van der Waals surface area contributed by atoms with Crippen molar-refractivity contribution in [3.8, 4) is 11.4 Å². The molecule has 6 heteroatoms. The SMILES string of the molecule is CC(C)c1ccc(CNC(=O)C2CCCN(c3ccnc(-c4ccc(F)cc4)n3)C2)cc1. The predicted molar refractivity (Wildman–Crippen MR) is 125 cm³/mol. The molecule has 1 atom stereocenters. The number of amides is 1. The van der Waals surface area contributed by atoms with Gasteiger partial charge >= 0.3 is 0 Å². The van der Waals surface area contributed by atoms with Gasteiger partial charge in [-0.3, -0.25) is 4.79 Å². The molecule has 3 aromatic rings.